The second-order valence-corrected chi connectivity index (χ2v) is 7.95. The number of ether oxygens (including phenoxy) is 2. The SMILES string of the molecule is CCN(CC)C(=O)N1CCN(C(=O)c2ccc(OCc3ccc(Cl)cc3)c(OC)c2)CC1. The molecule has 32 heavy (non-hydrogen) atoms. The van der Waals surface area contributed by atoms with Crippen molar-refractivity contribution in [3.05, 3.63) is 58.6 Å². The van der Waals surface area contributed by atoms with Crippen LogP contribution in [0.5, 0.6) is 11.5 Å². The van der Waals surface area contributed by atoms with Crippen molar-refractivity contribution in [2.45, 2.75) is 20.5 Å². The van der Waals surface area contributed by atoms with Crippen molar-refractivity contribution in [1.82, 2.24) is 14.7 Å². The molecule has 172 valence electrons. The lowest BCUT2D eigenvalue weighted by atomic mass is 10.1. The topological polar surface area (TPSA) is 62.3 Å². The van der Waals surface area contributed by atoms with Crippen LogP contribution in [0.3, 0.4) is 0 Å². The summed E-state index contributed by atoms with van der Waals surface area (Å²) in [7, 11) is 1.55. The molecule has 0 bridgehead atoms. The molecule has 1 aliphatic rings. The van der Waals surface area contributed by atoms with Crippen LogP contribution in [0.2, 0.25) is 5.02 Å². The lowest BCUT2D eigenvalue weighted by Crippen LogP contribution is -2.54. The van der Waals surface area contributed by atoms with E-state index in [1.54, 1.807) is 35.1 Å². The lowest BCUT2D eigenvalue weighted by Gasteiger charge is -2.37. The van der Waals surface area contributed by atoms with E-state index >= 15 is 0 Å². The van der Waals surface area contributed by atoms with Gasteiger partial charge < -0.3 is 24.2 Å². The molecule has 1 fully saturated rings. The minimum absolute atomic E-state index is 0.0333. The number of halogens is 1. The van der Waals surface area contributed by atoms with E-state index in [-0.39, 0.29) is 11.9 Å². The highest BCUT2D eigenvalue weighted by atomic mass is 35.5. The summed E-state index contributed by atoms with van der Waals surface area (Å²) in [5.41, 5.74) is 1.51. The number of hydrogen-bond donors (Lipinski definition) is 0. The van der Waals surface area contributed by atoms with Gasteiger partial charge >= 0.3 is 6.03 Å². The van der Waals surface area contributed by atoms with Crippen LogP contribution in [0, 0.1) is 0 Å². The molecule has 1 aliphatic heterocycles. The highest BCUT2D eigenvalue weighted by molar-refractivity contribution is 6.30. The highest BCUT2D eigenvalue weighted by Crippen LogP contribution is 2.29. The van der Waals surface area contributed by atoms with Crippen molar-refractivity contribution in [1.29, 1.82) is 0 Å². The number of nitrogens with zero attached hydrogens (tertiary/aromatic N) is 3. The zero-order chi connectivity index (χ0) is 23.1. The molecule has 0 aromatic heterocycles. The van der Waals surface area contributed by atoms with Crippen LogP contribution in [-0.2, 0) is 6.61 Å². The van der Waals surface area contributed by atoms with Crippen molar-refractivity contribution < 1.29 is 19.1 Å². The molecule has 2 aromatic carbocycles. The number of methoxy groups -OCH3 is 1. The fraction of sp³-hybridized carbons (Fsp3) is 0.417. The van der Waals surface area contributed by atoms with Gasteiger partial charge in [0.25, 0.3) is 5.91 Å². The van der Waals surface area contributed by atoms with Crippen molar-refractivity contribution in [2.24, 2.45) is 0 Å². The molecule has 8 heteroatoms. The Morgan fingerprint density at radius 1 is 0.938 bits per heavy atom. The Morgan fingerprint density at radius 2 is 1.56 bits per heavy atom. The Labute approximate surface area is 194 Å². The van der Waals surface area contributed by atoms with Gasteiger partial charge in [0.2, 0.25) is 0 Å². The molecule has 0 saturated carbocycles. The Morgan fingerprint density at radius 3 is 2.16 bits per heavy atom. The second kappa shape index (κ2) is 11.1. The summed E-state index contributed by atoms with van der Waals surface area (Å²) in [6.07, 6.45) is 0. The highest BCUT2D eigenvalue weighted by Gasteiger charge is 2.27. The van der Waals surface area contributed by atoms with Gasteiger partial charge in [-0.2, -0.15) is 0 Å². The van der Waals surface area contributed by atoms with Gasteiger partial charge in [0, 0.05) is 49.9 Å². The largest absolute Gasteiger partial charge is 0.493 e. The number of rotatable bonds is 7. The summed E-state index contributed by atoms with van der Waals surface area (Å²) in [6.45, 7) is 7.73. The molecule has 0 atom stereocenters. The lowest BCUT2D eigenvalue weighted by molar-refractivity contribution is 0.0641. The van der Waals surface area contributed by atoms with E-state index in [1.165, 1.54) is 0 Å². The zero-order valence-electron chi connectivity index (χ0n) is 18.8. The van der Waals surface area contributed by atoms with Crippen LogP contribution in [0.1, 0.15) is 29.8 Å². The molecule has 3 rings (SSSR count). The second-order valence-electron chi connectivity index (χ2n) is 7.51. The number of hydrogen-bond acceptors (Lipinski definition) is 4. The average Bonchev–Trinajstić information content (AvgIpc) is 2.84. The third-order valence-corrected chi connectivity index (χ3v) is 5.84. The van der Waals surface area contributed by atoms with Crippen molar-refractivity contribution in [3.63, 3.8) is 0 Å². The third kappa shape index (κ3) is 5.65. The molecule has 0 spiro atoms. The maximum Gasteiger partial charge on any atom is 0.320 e. The van der Waals surface area contributed by atoms with Gasteiger partial charge in [0.05, 0.1) is 7.11 Å². The molecular formula is C24H30ClN3O4. The standard InChI is InChI=1S/C24H30ClN3O4/c1-4-26(5-2)24(30)28-14-12-27(13-15-28)23(29)19-8-11-21(22(16-19)31-3)32-17-18-6-9-20(25)10-7-18/h6-11,16H,4-5,12-15,17H2,1-3H3. The normalized spacial score (nSPS) is 13.6. The predicted octanol–water partition coefficient (Wildman–Crippen LogP) is 4.15. The van der Waals surface area contributed by atoms with Crippen LogP contribution in [-0.4, -0.2) is 73.0 Å². The van der Waals surface area contributed by atoms with Gasteiger partial charge in [0.1, 0.15) is 6.61 Å². The first-order valence-corrected chi connectivity index (χ1v) is 11.2. The summed E-state index contributed by atoms with van der Waals surface area (Å²) in [4.78, 5) is 30.9. The van der Waals surface area contributed by atoms with Gasteiger partial charge in [-0.1, -0.05) is 23.7 Å². The van der Waals surface area contributed by atoms with E-state index in [1.807, 2.05) is 43.0 Å². The number of benzene rings is 2. The first-order chi connectivity index (χ1) is 15.5. The summed E-state index contributed by atoms with van der Waals surface area (Å²) < 4.78 is 11.3. The smallest absolute Gasteiger partial charge is 0.320 e. The molecule has 3 amide bonds. The monoisotopic (exact) mass is 459 g/mol. The molecular weight excluding hydrogens is 430 g/mol. The summed E-state index contributed by atoms with van der Waals surface area (Å²) >= 11 is 5.92. The maximum atomic E-state index is 13.0. The summed E-state index contributed by atoms with van der Waals surface area (Å²) in [6, 6.07) is 12.7. The quantitative estimate of drug-likeness (QED) is 0.624. The van der Waals surface area contributed by atoms with Crippen LogP contribution in [0.15, 0.2) is 42.5 Å². The van der Waals surface area contributed by atoms with E-state index in [0.717, 1.165) is 5.56 Å². The van der Waals surface area contributed by atoms with E-state index < -0.39 is 0 Å². The third-order valence-electron chi connectivity index (χ3n) is 5.59. The van der Waals surface area contributed by atoms with Gasteiger partial charge in [-0.3, -0.25) is 4.79 Å². The molecule has 2 aromatic rings. The van der Waals surface area contributed by atoms with Crippen molar-refractivity contribution >= 4 is 23.5 Å². The first-order valence-electron chi connectivity index (χ1n) is 10.8. The van der Waals surface area contributed by atoms with E-state index in [2.05, 4.69) is 0 Å². The van der Waals surface area contributed by atoms with E-state index in [0.29, 0.717) is 68.0 Å². The summed E-state index contributed by atoms with van der Waals surface area (Å²) in [5, 5.41) is 0.674. The molecule has 1 heterocycles. The fourth-order valence-corrected chi connectivity index (χ4v) is 3.77. The minimum Gasteiger partial charge on any atom is -0.493 e. The van der Waals surface area contributed by atoms with E-state index in [4.69, 9.17) is 21.1 Å². The Bertz CT molecular complexity index is 923. The molecule has 0 unspecified atom stereocenters. The molecule has 1 saturated heterocycles. The van der Waals surface area contributed by atoms with Crippen molar-refractivity contribution in [3.8, 4) is 11.5 Å². The molecule has 0 aliphatic carbocycles. The summed E-state index contributed by atoms with van der Waals surface area (Å²) in [5.74, 6) is 0.983. The van der Waals surface area contributed by atoms with Gasteiger partial charge in [-0.25, -0.2) is 4.79 Å². The van der Waals surface area contributed by atoms with Crippen molar-refractivity contribution in [2.75, 3.05) is 46.4 Å². The predicted molar refractivity (Wildman–Crippen MR) is 125 cm³/mol. The van der Waals surface area contributed by atoms with Crippen LogP contribution in [0.25, 0.3) is 0 Å². The van der Waals surface area contributed by atoms with Gasteiger partial charge in [0.15, 0.2) is 11.5 Å². The number of carbonyl (C=O) groups excluding carboxylic acids is 2. The van der Waals surface area contributed by atoms with E-state index in [9.17, 15) is 9.59 Å². The Hall–Kier alpha value is -2.93. The molecule has 7 nitrogen and oxygen atoms in total. The van der Waals surface area contributed by atoms with Crippen LogP contribution in [0.4, 0.5) is 4.79 Å². The minimum atomic E-state index is -0.0810. The fourth-order valence-electron chi connectivity index (χ4n) is 3.64. The van der Waals surface area contributed by atoms with Crippen LogP contribution >= 0.6 is 11.6 Å². The number of piperazine rings is 1. The Balaban J connectivity index is 1.61. The van der Waals surface area contributed by atoms with Gasteiger partial charge in [-0.05, 0) is 49.7 Å². The zero-order valence-corrected chi connectivity index (χ0v) is 19.6. The molecule has 0 N–H and O–H groups in total. The number of amides is 3. The van der Waals surface area contributed by atoms with Crippen LogP contribution < -0.4 is 9.47 Å². The number of carbonyl (C=O) groups is 2. The maximum absolute atomic E-state index is 13.0. The Kier molecular flexibility index (Phi) is 8.22. The number of urea groups is 1. The molecule has 0 radical (unpaired) electrons. The average molecular weight is 460 g/mol. The van der Waals surface area contributed by atoms with Gasteiger partial charge in [-0.15, -0.1) is 0 Å². The first kappa shape index (κ1) is 23.7.